The van der Waals surface area contributed by atoms with Gasteiger partial charge in [0.25, 0.3) is 0 Å². The van der Waals surface area contributed by atoms with Crippen molar-refractivity contribution in [3.63, 3.8) is 0 Å². The van der Waals surface area contributed by atoms with Crippen molar-refractivity contribution in [2.75, 3.05) is 37.8 Å². The molecule has 2 amide bonds. The summed E-state index contributed by atoms with van der Waals surface area (Å²) in [6.45, 7) is 10.7. The first-order valence-corrected chi connectivity index (χ1v) is 11.0. The number of anilines is 1. The molecule has 0 radical (unpaired) electrons. The molecule has 2 rings (SSSR count). The Balaban J connectivity index is 2.22. The van der Waals surface area contributed by atoms with Gasteiger partial charge in [-0.25, -0.2) is 4.79 Å². The minimum Gasteiger partial charge on any atom is -0.373 e. The highest BCUT2D eigenvalue weighted by molar-refractivity contribution is 6.63. The van der Waals surface area contributed by atoms with Gasteiger partial charge in [-0.1, -0.05) is 18.2 Å². The lowest BCUT2D eigenvalue weighted by atomic mass is 10.2. The summed E-state index contributed by atoms with van der Waals surface area (Å²) in [4.78, 5) is 16.8. The molecule has 7 heteroatoms. The fraction of sp³-hybridized carbons (Fsp3) is 0.611. The number of carbonyl (C=O) groups is 1. The summed E-state index contributed by atoms with van der Waals surface area (Å²) < 4.78 is 18.0. The third-order valence-electron chi connectivity index (χ3n) is 4.33. The molecule has 0 saturated carbocycles. The first-order chi connectivity index (χ1) is 12.1. The molecule has 1 fully saturated rings. The number of amides is 2. The maximum atomic E-state index is 13.1. The van der Waals surface area contributed by atoms with E-state index in [1.54, 1.807) is 4.90 Å². The SMILES string of the molecule is CCO[Si](OCC)(OCC)C1CCN1C(=O)N(CC)c1ccccc1. The summed E-state index contributed by atoms with van der Waals surface area (Å²) in [6.07, 6.45) is 0.851. The van der Waals surface area contributed by atoms with Crippen molar-refractivity contribution in [3.05, 3.63) is 30.3 Å². The van der Waals surface area contributed by atoms with Gasteiger partial charge in [-0.2, -0.15) is 0 Å². The standard InChI is InChI=1S/C18H30N2O4Si/c1-5-19(16-12-10-9-11-13-16)18(21)20-15-14-17(20)25(22-6-2,23-7-3)24-8-4/h9-13,17H,5-8,14-15H2,1-4H3. The number of urea groups is 1. The molecule has 1 aliphatic rings. The number of hydrogen-bond donors (Lipinski definition) is 0. The lowest BCUT2D eigenvalue weighted by Gasteiger charge is -2.49. The lowest BCUT2D eigenvalue weighted by Crippen LogP contribution is -2.71. The monoisotopic (exact) mass is 366 g/mol. The van der Waals surface area contributed by atoms with E-state index < -0.39 is 8.80 Å². The second kappa shape index (κ2) is 9.33. The molecule has 0 bridgehead atoms. The Hall–Kier alpha value is -1.41. The molecular weight excluding hydrogens is 336 g/mol. The summed E-state index contributed by atoms with van der Waals surface area (Å²) in [5.74, 6) is 0. The third kappa shape index (κ3) is 4.23. The van der Waals surface area contributed by atoms with Crippen LogP contribution in [0.3, 0.4) is 0 Å². The molecule has 0 N–H and O–H groups in total. The predicted molar refractivity (Wildman–Crippen MR) is 101 cm³/mol. The third-order valence-corrected chi connectivity index (χ3v) is 7.81. The zero-order chi connectivity index (χ0) is 18.3. The Kier molecular flexibility index (Phi) is 7.43. The molecule has 0 spiro atoms. The van der Waals surface area contributed by atoms with Crippen LogP contribution in [0.4, 0.5) is 10.5 Å². The van der Waals surface area contributed by atoms with Gasteiger partial charge in [0.15, 0.2) is 0 Å². The van der Waals surface area contributed by atoms with Crippen LogP contribution in [0.25, 0.3) is 0 Å². The highest BCUT2D eigenvalue weighted by Crippen LogP contribution is 2.31. The second-order valence-corrected chi connectivity index (χ2v) is 8.50. The van der Waals surface area contributed by atoms with Gasteiger partial charge in [0.1, 0.15) is 5.67 Å². The van der Waals surface area contributed by atoms with Crippen LogP contribution in [0.2, 0.25) is 0 Å². The van der Waals surface area contributed by atoms with Crippen LogP contribution in [0.5, 0.6) is 0 Å². The molecule has 1 atom stereocenters. The van der Waals surface area contributed by atoms with Crippen molar-refractivity contribution in [2.45, 2.75) is 39.8 Å². The summed E-state index contributed by atoms with van der Waals surface area (Å²) in [6, 6.07) is 9.73. The maximum absolute atomic E-state index is 13.1. The average molecular weight is 367 g/mol. The first-order valence-electron chi connectivity index (χ1n) is 9.18. The molecule has 1 saturated heterocycles. The predicted octanol–water partition coefficient (Wildman–Crippen LogP) is 3.29. The Bertz CT molecular complexity index is 526. The van der Waals surface area contributed by atoms with Crippen molar-refractivity contribution in [1.82, 2.24) is 4.90 Å². The fourth-order valence-corrected chi connectivity index (χ4v) is 6.33. The molecule has 1 unspecified atom stereocenters. The van der Waals surface area contributed by atoms with Crippen molar-refractivity contribution in [3.8, 4) is 0 Å². The normalized spacial score (nSPS) is 17.3. The van der Waals surface area contributed by atoms with Gasteiger partial charge >= 0.3 is 14.8 Å². The molecule has 1 aromatic rings. The van der Waals surface area contributed by atoms with Gasteiger partial charge in [0.05, 0.1) is 0 Å². The number of nitrogens with zero attached hydrogens (tertiary/aromatic N) is 2. The molecule has 140 valence electrons. The second-order valence-electron chi connectivity index (χ2n) is 5.76. The van der Waals surface area contributed by atoms with Crippen LogP contribution < -0.4 is 4.90 Å². The van der Waals surface area contributed by atoms with Crippen LogP contribution >= 0.6 is 0 Å². The number of hydrogen-bond acceptors (Lipinski definition) is 4. The van der Waals surface area contributed by atoms with E-state index in [-0.39, 0.29) is 11.7 Å². The Morgan fingerprint density at radius 3 is 2.04 bits per heavy atom. The summed E-state index contributed by atoms with van der Waals surface area (Å²) >= 11 is 0. The van der Waals surface area contributed by atoms with Gasteiger partial charge in [0.2, 0.25) is 0 Å². The maximum Gasteiger partial charge on any atom is 0.524 e. The van der Waals surface area contributed by atoms with E-state index in [1.807, 2.05) is 62.9 Å². The van der Waals surface area contributed by atoms with Crippen molar-refractivity contribution in [1.29, 1.82) is 0 Å². The number of benzene rings is 1. The van der Waals surface area contributed by atoms with E-state index in [0.717, 1.165) is 12.1 Å². The Morgan fingerprint density at radius 2 is 1.64 bits per heavy atom. The molecular formula is C18H30N2O4Si. The summed E-state index contributed by atoms with van der Waals surface area (Å²) in [5, 5.41) is 0. The molecule has 0 aliphatic carbocycles. The molecule has 25 heavy (non-hydrogen) atoms. The highest BCUT2D eigenvalue weighted by Gasteiger charge is 2.57. The number of para-hydroxylation sites is 1. The lowest BCUT2D eigenvalue weighted by molar-refractivity contribution is 0.0191. The first kappa shape index (κ1) is 19.9. The van der Waals surface area contributed by atoms with Crippen molar-refractivity contribution in [2.24, 2.45) is 0 Å². The van der Waals surface area contributed by atoms with E-state index in [1.165, 1.54) is 0 Å². The van der Waals surface area contributed by atoms with Crippen molar-refractivity contribution >= 4 is 20.5 Å². The minimum atomic E-state index is -2.92. The van der Waals surface area contributed by atoms with E-state index in [4.69, 9.17) is 13.3 Å². The molecule has 0 aromatic heterocycles. The summed E-state index contributed by atoms with van der Waals surface area (Å²) in [7, 11) is -2.92. The van der Waals surface area contributed by atoms with Crippen molar-refractivity contribution < 1.29 is 18.1 Å². The number of likely N-dealkylation sites (tertiary alicyclic amines) is 1. The zero-order valence-electron chi connectivity index (χ0n) is 15.7. The van der Waals surface area contributed by atoms with Crippen LogP contribution in [-0.4, -0.2) is 58.3 Å². The van der Waals surface area contributed by atoms with Crippen LogP contribution in [0.1, 0.15) is 34.1 Å². The average Bonchev–Trinajstić information content (AvgIpc) is 2.56. The molecule has 1 aromatic carbocycles. The highest BCUT2D eigenvalue weighted by atomic mass is 28.4. The van der Waals surface area contributed by atoms with Crippen LogP contribution in [0.15, 0.2) is 30.3 Å². The van der Waals surface area contributed by atoms with Gasteiger partial charge in [-0.3, -0.25) is 4.90 Å². The minimum absolute atomic E-state index is 0.0130. The Labute approximate surface area is 152 Å². The van der Waals surface area contributed by atoms with E-state index >= 15 is 0 Å². The van der Waals surface area contributed by atoms with Gasteiger partial charge < -0.3 is 18.2 Å². The van der Waals surface area contributed by atoms with E-state index in [9.17, 15) is 4.79 Å². The van der Waals surface area contributed by atoms with Gasteiger partial charge in [-0.15, -0.1) is 0 Å². The van der Waals surface area contributed by atoms with E-state index in [2.05, 4.69) is 0 Å². The molecule has 6 nitrogen and oxygen atoms in total. The fourth-order valence-electron chi connectivity index (χ4n) is 3.19. The quantitative estimate of drug-likeness (QED) is 0.629. The molecule has 1 aliphatic heterocycles. The number of rotatable bonds is 9. The van der Waals surface area contributed by atoms with E-state index in [0.29, 0.717) is 32.9 Å². The van der Waals surface area contributed by atoms with Crippen LogP contribution in [-0.2, 0) is 13.3 Å². The smallest absolute Gasteiger partial charge is 0.373 e. The number of carbonyl (C=O) groups excluding carboxylic acids is 1. The topological polar surface area (TPSA) is 51.2 Å². The largest absolute Gasteiger partial charge is 0.524 e. The Morgan fingerprint density at radius 1 is 1.08 bits per heavy atom. The van der Waals surface area contributed by atoms with Crippen LogP contribution in [0, 0.1) is 0 Å². The van der Waals surface area contributed by atoms with Gasteiger partial charge in [-0.05, 0) is 46.2 Å². The van der Waals surface area contributed by atoms with Gasteiger partial charge in [0, 0.05) is 38.6 Å². The summed E-state index contributed by atoms with van der Waals surface area (Å²) in [5.41, 5.74) is 0.787. The molecule has 1 heterocycles. The zero-order valence-corrected chi connectivity index (χ0v) is 16.7.